The number of anilines is 1. The zero-order valence-corrected chi connectivity index (χ0v) is 20.4. The fraction of sp³-hybridized carbons (Fsp3) is 0.360. The number of para-hydroxylation sites is 1. The Morgan fingerprint density at radius 2 is 1.97 bits per heavy atom. The highest BCUT2D eigenvalue weighted by molar-refractivity contribution is 7.10. The molecule has 0 radical (unpaired) electrons. The van der Waals surface area contributed by atoms with Crippen molar-refractivity contribution >= 4 is 39.7 Å². The van der Waals surface area contributed by atoms with Crippen molar-refractivity contribution in [2.24, 2.45) is 7.05 Å². The Bertz CT molecular complexity index is 1360. The van der Waals surface area contributed by atoms with E-state index >= 15 is 0 Å². The van der Waals surface area contributed by atoms with E-state index in [2.05, 4.69) is 20.4 Å². The molecule has 5 rings (SSSR count). The Hall–Kier alpha value is -3.46. The number of fused-ring (bicyclic) bond motifs is 1. The molecular weight excluding hydrogens is 448 g/mol. The largest absolute Gasteiger partial charge is 0.361 e. The number of benzene rings is 1. The van der Waals surface area contributed by atoms with E-state index in [1.54, 1.807) is 4.68 Å². The van der Waals surface area contributed by atoms with Crippen molar-refractivity contribution in [1.82, 2.24) is 24.6 Å². The Kier molecular flexibility index (Phi) is 5.95. The van der Waals surface area contributed by atoms with Gasteiger partial charge in [-0.3, -0.25) is 14.3 Å². The molecule has 1 fully saturated rings. The summed E-state index contributed by atoms with van der Waals surface area (Å²) in [6.45, 7) is 5.22. The molecule has 0 atom stereocenters. The molecule has 0 unspecified atom stereocenters. The maximum absolute atomic E-state index is 12.9. The van der Waals surface area contributed by atoms with Gasteiger partial charge in [0.05, 0.1) is 28.5 Å². The van der Waals surface area contributed by atoms with Gasteiger partial charge in [-0.15, -0.1) is 11.3 Å². The molecule has 176 valence electrons. The van der Waals surface area contributed by atoms with Gasteiger partial charge in [0.1, 0.15) is 5.69 Å². The highest BCUT2D eigenvalue weighted by Gasteiger charge is 2.27. The number of thiazole rings is 1. The van der Waals surface area contributed by atoms with Crippen molar-refractivity contribution in [2.45, 2.75) is 39.0 Å². The van der Waals surface area contributed by atoms with Crippen molar-refractivity contribution in [3.63, 3.8) is 0 Å². The van der Waals surface area contributed by atoms with Gasteiger partial charge in [-0.2, -0.15) is 5.10 Å². The third kappa shape index (κ3) is 4.23. The van der Waals surface area contributed by atoms with E-state index in [1.807, 2.05) is 61.6 Å². The van der Waals surface area contributed by atoms with Crippen molar-refractivity contribution in [3.8, 4) is 0 Å². The molecular formula is C25H28N6O2S. The van der Waals surface area contributed by atoms with E-state index in [9.17, 15) is 9.59 Å². The van der Waals surface area contributed by atoms with Crippen molar-refractivity contribution < 1.29 is 9.59 Å². The van der Waals surface area contributed by atoms with Crippen molar-refractivity contribution in [3.05, 3.63) is 63.5 Å². The Balaban J connectivity index is 1.18. The maximum atomic E-state index is 12.9. The van der Waals surface area contributed by atoms with Crippen LogP contribution >= 0.6 is 11.3 Å². The normalized spacial score (nSPS) is 14.6. The van der Waals surface area contributed by atoms with Crippen molar-refractivity contribution in [2.75, 3.05) is 18.4 Å². The molecule has 3 aromatic heterocycles. The number of nitrogens with one attached hydrogen (secondary N) is 2. The number of amides is 2. The number of hydrogen-bond acceptors (Lipinski definition) is 5. The zero-order chi connectivity index (χ0) is 23.8. The second-order valence-electron chi connectivity index (χ2n) is 8.89. The lowest BCUT2D eigenvalue weighted by atomic mass is 9.97. The molecule has 0 spiro atoms. The van der Waals surface area contributed by atoms with Crippen LogP contribution in [0.4, 0.5) is 5.69 Å². The molecule has 2 amide bonds. The average Bonchev–Trinajstić information content (AvgIpc) is 3.55. The molecule has 9 heteroatoms. The Morgan fingerprint density at radius 3 is 2.71 bits per heavy atom. The lowest BCUT2D eigenvalue weighted by Gasteiger charge is -2.31. The summed E-state index contributed by atoms with van der Waals surface area (Å²) in [5, 5.41) is 11.2. The van der Waals surface area contributed by atoms with Crippen LogP contribution in [0.25, 0.3) is 10.9 Å². The molecule has 34 heavy (non-hydrogen) atoms. The summed E-state index contributed by atoms with van der Waals surface area (Å²) < 4.78 is 1.75. The van der Waals surface area contributed by atoms with Crippen LogP contribution in [0, 0.1) is 13.8 Å². The second kappa shape index (κ2) is 9.06. The first-order chi connectivity index (χ1) is 16.4. The number of likely N-dealkylation sites (tertiary alicyclic amines) is 1. The molecule has 1 aromatic carbocycles. The number of carbonyl (C=O) groups excluding carboxylic acids is 2. The van der Waals surface area contributed by atoms with Gasteiger partial charge in [0.25, 0.3) is 5.91 Å². The fourth-order valence-electron chi connectivity index (χ4n) is 4.64. The van der Waals surface area contributed by atoms with E-state index in [0.29, 0.717) is 25.2 Å². The standard InChI is InChI=1S/C25H28N6O2S/c1-15-23(16(2)30(3)29-15)28-24(33)21-14-34-25(27-21)17-8-10-31(11-9-17)22(32)12-18-13-26-20-7-5-4-6-19(18)20/h4-7,13-14,17,26H,8-12H2,1-3H3,(H,28,33). The van der Waals surface area contributed by atoms with Gasteiger partial charge in [0.2, 0.25) is 5.91 Å². The molecule has 1 aliphatic rings. The molecule has 1 saturated heterocycles. The Labute approximate surface area is 202 Å². The van der Waals surface area contributed by atoms with E-state index in [4.69, 9.17) is 0 Å². The first kappa shape index (κ1) is 22.3. The van der Waals surface area contributed by atoms with Crippen molar-refractivity contribution in [1.29, 1.82) is 0 Å². The summed E-state index contributed by atoms with van der Waals surface area (Å²) in [6.07, 6.45) is 4.05. The third-order valence-electron chi connectivity index (χ3n) is 6.72. The minimum Gasteiger partial charge on any atom is -0.361 e. The number of hydrogen-bond donors (Lipinski definition) is 2. The molecule has 0 bridgehead atoms. The first-order valence-electron chi connectivity index (χ1n) is 11.5. The summed E-state index contributed by atoms with van der Waals surface area (Å²) in [5.74, 6) is 0.211. The average molecular weight is 477 g/mol. The van der Waals surface area contributed by atoms with E-state index in [0.717, 1.165) is 51.4 Å². The van der Waals surface area contributed by atoms with Gasteiger partial charge in [-0.25, -0.2) is 4.98 Å². The molecule has 0 aliphatic carbocycles. The molecule has 4 heterocycles. The van der Waals surface area contributed by atoms with Crippen LogP contribution in [0.15, 0.2) is 35.8 Å². The van der Waals surface area contributed by atoms with E-state index < -0.39 is 0 Å². The van der Waals surface area contributed by atoms with Gasteiger partial charge < -0.3 is 15.2 Å². The van der Waals surface area contributed by atoms with Gasteiger partial charge in [0, 0.05) is 48.5 Å². The van der Waals surface area contributed by atoms with Crippen LogP contribution in [-0.4, -0.2) is 49.6 Å². The minimum atomic E-state index is -0.215. The molecule has 4 aromatic rings. The van der Waals surface area contributed by atoms with E-state index in [-0.39, 0.29) is 17.7 Å². The molecule has 2 N–H and O–H groups in total. The predicted molar refractivity (Wildman–Crippen MR) is 133 cm³/mol. The maximum Gasteiger partial charge on any atom is 0.275 e. The number of rotatable bonds is 5. The lowest BCUT2D eigenvalue weighted by Crippen LogP contribution is -2.38. The zero-order valence-electron chi connectivity index (χ0n) is 19.6. The number of aryl methyl sites for hydroxylation is 2. The minimum absolute atomic E-state index is 0.157. The summed E-state index contributed by atoms with van der Waals surface area (Å²) in [4.78, 5) is 35.5. The summed E-state index contributed by atoms with van der Waals surface area (Å²) in [5.41, 5.74) is 4.96. The summed E-state index contributed by atoms with van der Waals surface area (Å²) in [6, 6.07) is 8.06. The van der Waals surface area contributed by atoms with Gasteiger partial charge >= 0.3 is 0 Å². The monoisotopic (exact) mass is 476 g/mol. The highest BCUT2D eigenvalue weighted by atomic mass is 32.1. The predicted octanol–water partition coefficient (Wildman–Crippen LogP) is 4.18. The summed E-state index contributed by atoms with van der Waals surface area (Å²) >= 11 is 1.52. The number of nitrogens with zero attached hydrogens (tertiary/aromatic N) is 4. The van der Waals surface area contributed by atoms with Gasteiger partial charge in [-0.1, -0.05) is 18.2 Å². The SMILES string of the molecule is Cc1nn(C)c(C)c1NC(=O)c1csc(C2CCN(C(=O)Cc3c[nH]c4ccccc34)CC2)n1. The van der Waals surface area contributed by atoms with Crippen LogP contribution in [0.1, 0.15) is 51.2 Å². The number of piperidine rings is 1. The van der Waals surface area contributed by atoms with Crippen LogP contribution in [-0.2, 0) is 18.3 Å². The number of aromatic amines is 1. The van der Waals surface area contributed by atoms with Crippen LogP contribution in [0.2, 0.25) is 0 Å². The third-order valence-corrected chi connectivity index (χ3v) is 7.72. The smallest absolute Gasteiger partial charge is 0.275 e. The molecule has 0 saturated carbocycles. The van der Waals surface area contributed by atoms with Crippen LogP contribution in [0.3, 0.4) is 0 Å². The number of H-pyrrole nitrogens is 1. The molecule has 8 nitrogen and oxygen atoms in total. The van der Waals surface area contributed by atoms with Crippen LogP contribution < -0.4 is 5.32 Å². The second-order valence-corrected chi connectivity index (χ2v) is 9.78. The van der Waals surface area contributed by atoms with Crippen LogP contribution in [0.5, 0.6) is 0 Å². The fourth-order valence-corrected chi connectivity index (χ4v) is 5.61. The highest BCUT2D eigenvalue weighted by Crippen LogP contribution is 2.31. The first-order valence-corrected chi connectivity index (χ1v) is 12.4. The summed E-state index contributed by atoms with van der Waals surface area (Å²) in [7, 11) is 1.86. The molecule has 1 aliphatic heterocycles. The van der Waals surface area contributed by atoms with Gasteiger partial charge in [-0.05, 0) is 38.3 Å². The number of aromatic nitrogens is 4. The quantitative estimate of drug-likeness (QED) is 0.452. The van der Waals surface area contributed by atoms with E-state index in [1.165, 1.54) is 11.3 Å². The van der Waals surface area contributed by atoms with Gasteiger partial charge in [0.15, 0.2) is 0 Å². The number of carbonyl (C=O) groups is 2. The Morgan fingerprint density at radius 1 is 1.21 bits per heavy atom. The topological polar surface area (TPSA) is 95.9 Å². The lowest BCUT2D eigenvalue weighted by molar-refractivity contribution is -0.131.